The van der Waals surface area contributed by atoms with E-state index in [0.717, 1.165) is 16.7 Å². The van der Waals surface area contributed by atoms with Crippen molar-refractivity contribution in [3.63, 3.8) is 0 Å². The van der Waals surface area contributed by atoms with Crippen LogP contribution in [0.15, 0.2) is 78.9 Å². The second-order valence-electron chi connectivity index (χ2n) is 6.91. The number of hydrogen-bond acceptors (Lipinski definition) is 4. The van der Waals surface area contributed by atoms with E-state index in [1.165, 1.54) is 11.8 Å². The molecule has 0 saturated carbocycles. The fraction of sp³-hybridized carbons (Fsp3) is 0.167. The Balaban J connectivity index is 1.67. The summed E-state index contributed by atoms with van der Waals surface area (Å²) in [7, 11) is 0. The number of ether oxygens (including phenoxy) is 1. The number of carboxylic acid groups (broad SMARTS) is 1. The number of carboxylic acids is 1. The summed E-state index contributed by atoms with van der Waals surface area (Å²) in [6.07, 6.45) is -0.781. The van der Waals surface area contributed by atoms with Gasteiger partial charge in [0, 0.05) is 15.8 Å². The van der Waals surface area contributed by atoms with Gasteiger partial charge in [-0.3, -0.25) is 0 Å². The number of hydrogen-bond donors (Lipinski definition) is 2. The molecule has 0 heterocycles. The molecule has 0 aliphatic rings. The van der Waals surface area contributed by atoms with E-state index in [4.69, 9.17) is 27.9 Å². The van der Waals surface area contributed by atoms with Crippen molar-refractivity contribution in [2.45, 2.75) is 17.9 Å². The molecule has 3 aromatic rings. The van der Waals surface area contributed by atoms with Gasteiger partial charge in [-0.15, -0.1) is 11.8 Å². The van der Waals surface area contributed by atoms with E-state index in [-0.39, 0.29) is 17.6 Å². The Hall–Kier alpha value is -2.67. The molecule has 5 nitrogen and oxygen atoms in total. The fourth-order valence-electron chi connectivity index (χ4n) is 2.93. The van der Waals surface area contributed by atoms with E-state index in [9.17, 15) is 14.7 Å². The molecule has 0 aliphatic heterocycles. The predicted molar refractivity (Wildman–Crippen MR) is 128 cm³/mol. The Bertz CT molecular complexity index is 985. The third-order valence-corrected chi connectivity index (χ3v) is 6.49. The number of alkyl carbamates (subject to hydrolysis) is 1. The summed E-state index contributed by atoms with van der Waals surface area (Å²) >= 11 is 13.4. The van der Waals surface area contributed by atoms with Crippen LogP contribution in [0.5, 0.6) is 0 Å². The summed E-state index contributed by atoms with van der Waals surface area (Å²) < 4.78 is 5.16. The van der Waals surface area contributed by atoms with Crippen molar-refractivity contribution in [1.29, 1.82) is 0 Å². The Labute approximate surface area is 200 Å². The maximum Gasteiger partial charge on any atom is 0.408 e. The third-order valence-electron chi connectivity index (χ3n) is 4.58. The van der Waals surface area contributed by atoms with Gasteiger partial charge in [-0.2, -0.15) is 0 Å². The lowest BCUT2D eigenvalue weighted by Gasteiger charge is -2.21. The molecule has 0 radical (unpaired) electrons. The van der Waals surface area contributed by atoms with Gasteiger partial charge in [0.05, 0.1) is 5.25 Å². The van der Waals surface area contributed by atoms with Gasteiger partial charge in [0.15, 0.2) is 0 Å². The van der Waals surface area contributed by atoms with Crippen molar-refractivity contribution in [3.8, 4) is 0 Å². The number of nitrogens with one attached hydrogen (secondary N) is 1. The number of rotatable bonds is 9. The molecule has 0 unspecified atom stereocenters. The minimum Gasteiger partial charge on any atom is -0.480 e. The summed E-state index contributed by atoms with van der Waals surface area (Å²) in [4.78, 5) is 23.9. The second-order valence-corrected chi connectivity index (χ2v) is 8.92. The highest BCUT2D eigenvalue weighted by molar-refractivity contribution is 7.99. The quantitative estimate of drug-likeness (QED) is 0.374. The van der Waals surface area contributed by atoms with E-state index >= 15 is 0 Å². The van der Waals surface area contributed by atoms with Crippen LogP contribution in [0.25, 0.3) is 0 Å². The Morgan fingerprint density at radius 3 is 1.91 bits per heavy atom. The average molecular weight is 490 g/mol. The first kappa shape index (κ1) is 24.0. The molecule has 0 spiro atoms. The molecular formula is C24H21Cl2NO4S. The molecule has 8 heteroatoms. The normalized spacial score (nSPS) is 11.7. The minimum atomic E-state index is -1.14. The van der Waals surface area contributed by atoms with Crippen LogP contribution in [0.2, 0.25) is 10.0 Å². The topological polar surface area (TPSA) is 75.6 Å². The van der Waals surface area contributed by atoms with Crippen LogP contribution < -0.4 is 5.32 Å². The number of amides is 1. The molecule has 1 atom stereocenters. The molecule has 0 fully saturated rings. The summed E-state index contributed by atoms with van der Waals surface area (Å²) in [5.74, 6) is -1.01. The highest BCUT2D eigenvalue weighted by atomic mass is 35.5. The van der Waals surface area contributed by atoms with Crippen molar-refractivity contribution in [2.24, 2.45) is 0 Å². The van der Waals surface area contributed by atoms with Crippen molar-refractivity contribution >= 4 is 47.0 Å². The number of benzene rings is 3. The summed E-state index contributed by atoms with van der Waals surface area (Å²) in [6, 6.07) is 22.8. The third kappa shape index (κ3) is 7.19. The molecule has 3 aromatic carbocycles. The average Bonchev–Trinajstić information content (AvgIpc) is 2.79. The summed E-state index contributed by atoms with van der Waals surface area (Å²) in [5.41, 5.74) is 2.73. The lowest BCUT2D eigenvalue weighted by molar-refractivity contribution is -0.138. The highest BCUT2D eigenvalue weighted by Crippen LogP contribution is 2.37. The lowest BCUT2D eigenvalue weighted by Crippen LogP contribution is -2.43. The zero-order valence-electron chi connectivity index (χ0n) is 16.9. The molecule has 3 rings (SSSR count). The van der Waals surface area contributed by atoms with Gasteiger partial charge in [-0.1, -0.05) is 77.8 Å². The van der Waals surface area contributed by atoms with Gasteiger partial charge in [-0.25, -0.2) is 9.59 Å². The van der Waals surface area contributed by atoms with Crippen LogP contribution in [0.1, 0.15) is 21.9 Å². The van der Waals surface area contributed by atoms with Crippen molar-refractivity contribution in [3.05, 3.63) is 106 Å². The van der Waals surface area contributed by atoms with Crippen LogP contribution in [0.4, 0.5) is 4.79 Å². The fourth-order valence-corrected chi connectivity index (χ4v) is 4.50. The number of carbonyl (C=O) groups is 2. The molecule has 1 amide bonds. The maximum atomic E-state index is 12.2. The van der Waals surface area contributed by atoms with Crippen LogP contribution in [0, 0.1) is 0 Å². The van der Waals surface area contributed by atoms with Crippen LogP contribution in [0.3, 0.4) is 0 Å². The Morgan fingerprint density at radius 1 is 0.875 bits per heavy atom. The number of aliphatic carboxylic acids is 1. The molecule has 32 heavy (non-hydrogen) atoms. The van der Waals surface area contributed by atoms with Crippen molar-refractivity contribution in [2.75, 3.05) is 5.75 Å². The smallest absolute Gasteiger partial charge is 0.408 e. The molecule has 0 saturated heterocycles. The molecule has 166 valence electrons. The van der Waals surface area contributed by atoms with Crippen LogP contribution in [-0.4, -0.2) is 29.0 Å². The zero-order chi connectivity index (χ0) is 22.9. The van der Waals surface area contributed by atoms with Gasteiger partial charge in [-0.05, 0) is 41.0 Å². The maximum absolute atomic E-state index is 12.2. The molecular weight excluding hydrogens is 469 g/mol. The van der Waals surface area contributed by atoms with Crippen molar-refractivity contribution in [1.82, 2.24) is 5.32 Å². The van der Waals surface area contributed by atoms with Gasteiger partial charge < -0.3 is 15.2 Å². The SMILES string of the molecule is O=C(N[C@H](CSC(c1ccc(Cl)cc1)c1ccc(Cl)cc1)C(=O)O)OCc1ccccc1. The zero-order valence-corrected chi connectivity index (χ0v) is 19.2. The lowest BCUT2D eigenvalue weighted by atomic mass is 10.0. The predicted octanol–water partition coefficient (Wildman–Crippen LogP) is 6.20. The molecule has 0 aliphatic carbocycles. The molecule has 0 aromatic heterocycles. The first-order valence-electron chi connectivity index (χ1n) is 9.75. The van der Waals surface area contributed by atoms with E-state index in [1.54, 1.807) is 24.3 Å². The largest absolute Gasteiger partial charge is 0.480 e. The van der Waals surface area contributed by atoms with Gasteiger partial charge in [0.1, 0.15) is 12.6 Å². The van der Waals surface area contributed by atoms with Gasteiger partial charge >= 0.3 is 12.1 Å². The molecule has 2 N–H and O–H groups in total. The summed E-state index contributed by atoms with van der Waals surface area (Å²) in [5, 5.41) is 13.1. The summed E-state index contributed by atoms with van der Waals surface area (Å²) in [6.45, 7) is 0.0599. The van der Waals surface area contributed by atoms with Crippen LogP contribution in [-0.2, 0) is 16.1 Å². The number of halogens is 2. The van der Waals surface area contributed by atoms with E-state index in [2.05, 4.69) is 5.32 Å². The first-order chi connectivity index (χ1) is 15.4. The van der Waals surface area contributed by atoms with Crippen LogP contribution >= 0.6 is 35.0 Å². The van der Waals surface area contributed by atoms with E-state index in [0.29, 0.717) is 10.0 Å². The Kier molecular flexibility index (Phi) is 8.85. The van der Waals surface area contributed by atoms with Gasteiger partial charge in [0.2, 0.25) is 0 Å². The second kappa shape index (κ2) is 11.8. The van der Waals surface area contributed by atoms with Crippen molar-refractivity contribution < 1.29 is 19.4 Å². The standard InChI is InChI=1S/C24H21Cl2NO4S/c25-19-10-6-17(7-11-19)22(18-8-12-20(26)13-9-18)32-15-21(23(28)29)27-24(30)31-14-16-4-2-1-3-5-16/h1-13,21-22H,14-15H2,(H,27,30)(H,28,29)/t21-/m1/s1. The molecule has 0 bridgehead atoms. The monoisotopic (exact) mass is 489 g/mol. The Morgan fingerprint density at radius 2 is 1.41 bits per heavy atom. The minimum absolute atomic E-state index is 0.0599. The van der Waals surface area contributed by atoms with E-state index in [1.807, 2.05) is 54.6 Å². The number of thioether (sulfide) groups is 1. The first-order valence-corrected chi connectivity index (χ1v) is 11.6. The number of carbonyl (C=O) groups excluding carboxylic acids is 1. The van der Waals surface area contributed by atoms with Gasteiger partial charge in [0.25, 0.3) is 0 Å². The highest BCUT2D eigenvalue weighted by Gasteiger charge is 2.24. The van der Waals surface area contributed by atoms with E-state index < -0.39 is 18.1 Å².